The summed E-state index contributed by atoms with van der Waals surface area (Å²) >= 11 is 0. The van der Waals surface area contributed by atoms with Crippen molar-refractivity contribution in [3.63, 3.8) is 0 Å². The number of rotatable bonds is 5. The molecule has 1 atom stereocenters. The molecule has 9 heteroatoms. The minimum atomic E-state index is -0.611. The molecule has 2 aliphatic rings. The van der Waals surface area contributed by atoms with Gasteiger partial charge in [0.05, 0.1) is 36.8 Å². The number of aromatic nitrogens is 2. The third kappa shape index (κ3) is 4.47. The van der Waals surface area contributed by atoms with Gasteiger partial charge >= 0.3 is 0 Å². The summed E-state index contributed by atoms with van der Waals surface area (Å²) in [6, 6.07) is 5.55. The number of carbonyl (C=O) groups excluding carboxylic acids is 1. The fourth-order valence-corrected chi connectivity index (χ4v) is 3.78. The molecule has 1 amide bonds. The quantitative estimate of drug-likeness (QED) is 0.613. The number of hydrogen-bond acceptors (Lipinski definition) is 8. The number of fused-ring (bicyclic) bond motifs is 1. The molecular weight excluding hydrogens is 398 g/mol. The summed E-state index contributed by atoms with van der Waals surface area (Å²) in [5, 5.41) is 12.7. The Kier molecular flexibility index (Phi) is 6.06. The standard InChI is InChI=1S/C22H27N5O4/c1-22(14-28)4-3-15-11-17(18(12-19(15)31-22)27-7-9-30-10-8-27)26-21(29)16(13-23)20-24-5-2-6-25-20/h2,5-6,11-13,28H,3-4,7-10,14,23H2,1H3,(H,26,29)/t22-/m0/s1. The van der Waals surface area contributed by atoms with Crippen molar-refractivity contribution >= 4 is 22.9 Å². The van der Waals surface area contributed by atoms with Crippen molar-refractivity contribution in [3.8, 4) is 5.75 Å². The Morgan fingerprint density at radius 1 is 1.32 bits per heavy atom. The highest BCUT2D eigenvalue weighted by atomic mass is 16.5. The van der Waals surface area contributed by atoms with Crippen LogP contribution >= 0.6 is 0 Å². The molecule has 4 rings (SSSR count). The zero-order valence-electron chi connectivity index (χ0n) is 17.5. The van der Waals surface area contributed by atoms with Crippen LogP contribution in [0.1, 0.15) is 24.7 Å². The molecule has 1 aromatic carbocycles. The van der Waals surface area contributed by atoms with Crippen LogP contribution in [0.15, 0.2) is 36.8 Å². The van der Waals surface area contributed by atoms with E-state index in [9.17, 15) is 9.90 Å². The highest BCUT2D eigenvalue weighted by molar-refractivity contribution is 6.24. The molecule has 9 nitrogen and oxygen atoms in total. The second-order valence-electron chi connectivity index (χ2n) is 7.89. The third-order valence-electron chi connectivity index (χ3n) is 5.61. The Morgan fingerprint density at radius 2 is 2.06 bits per heavy atom. The lowest BCUT2D eigenvalue weighted by molar-refractivity contribution is -0.111. The number of nitrogens with one attached hydrogen (secondary N) is 1. The molecule has 1 saturated heterocycles. The lowest BCUT2D eigenvalue weighted by atomic mass is 9.92. The SMILES string of the molecule is C[C@@]1(CO)CCc2cc(NC(=O)C(=CN)c3ncccn3)c(N3CCOCC3)cc2O1. The highest BCUT2D eigenvalue weighted by Crippen LogP contribution is 2.40. The summed E-state index contributed by atoms with van der Waals surface area (Å²) < 4.78 is 11.6. The number of benzene rings is 1. The van der Waals surface area contributed by atoms with Gasteiger partial charge < -0.3 is 30.5 Å². The molecule has 3 heterocycles. The van der Waals surface area contributed by atoms with E-state index in [-0.39, 0.29) is 23.9 Å². The van der Waals surface area contributed by atoms with Crippen LogP contribution in [0.2, 0.25) is 0 Å². The van der Waals surface area contributed by atoms with E-state index in [4.69, 9.17) is 15.2 Å². The van der Waals surface area contributed by atoms with Crippen LogP contribution in [0, 0.1) is 0 Å². The first kappa shape index (κ1) is 21.1. The smallest absolute Gasteiger partial charge is 0.261 e. The fraction of sp³-hybridized carbons (Fsp3) is 0.409. The van der Waals surface area contributed by atoms with Gasteiger partial charge in [0, 0.05) is 37.7 Å². The number of carbonyl (C=O) groups is 1. The maximum absolute atomic E-state index is 13.0. The Morgan fingerprint density at radius 3 is 2.74 bits per heavy atom. The molecule has 1 aromatic heterocycles. The molecule has 0 bridgehead atoms. The zero-order chi connectivity index (χ0) is 21.8. The Bertz CT molecular complexity index is 975. The summed E-state index contributed by atoms with van der Waals surface area (Å²) in [7, 11) is 0. The van der Waals surface area contributed by atoms with E-state index in [1.54, 1.807) is 18.5 Å². The molecule has 0 spiro atoms. The van der Waals surface area contributed by atoms with E-state index < -0.39 is 5.60 Å². The normalized spacial score (nSPS) is 21.2. The van der Waals surface area contributed by atoms with Crippen LogP contribution < -0.4 is 20.7 Å². The van der Waals surface area contributed by atoms with Crippen LogP contribution in [0.5, 0.6) is 5.75 Å². The van der Waals surface area contributed by atoms with Gasteiger partial charge in [-0.05, 0) is 37.5 Å². The number of nitrogens with zero attached hydrogens (tertiary/aromatic N) is 3. The molecule has 0 radical (unpaired) electrons. The maximum Gasteiger partial charge on any atom is 0.261 e. The number of hydrogen-bond donors (Lipinski definition) is 3. The Hall–Kier alpha value is -3.17. The van der Waals surface area contributed by atoms with Gasteiger partial charge in [-0.1, -0.05) is 0 Å². The van der Waals surface area contributed by atoms with E-state index in [2.05, 4.69) is 20.2 Å². The minimum Gasteiger partial charge on any atom is -0.485 e. The van der Waals surface area contributed by atoms with Crippen molar-refractivity contribution in [2.75, 3.05) is 43.1 Å². The van der Waals surface area contributed by atoms with Crippen LogP contribution in [0.25, 0.3) is 5.57 Å². The van der Waals surface area contributed by atoms with Gasteiger partial charge in [-0.15, -0.1) is 0 Å². The summed E-state index contributed by atoms with van der Waals surface area (Å²) in [5.74, 6) is 0.596. The third-order valence-corrected chi connectivity index (χ3v) is 5.61. The number of amides is 1. The van der Waals surface area contributed by atoms with Gasteiger partial charge in [0.1, 0.15) is 11.4 Å². The van der Waals surface area contributed by atoms with Crippen molar-refractivity contribution < 1.29 is 19.4 Å². The summed E-state index contributed by atoms with van der Waals surface area (Å²) in [5.41, 5.74) is 7.78. The molecule has 0 saturated carbocycles. The van der Waals surface area contributed by atoms with Crippen molar-refractivity contribution in [3.05, 3.63) is 48.2 Å². The average molecular weight is 425 g/mol. The molecule has 0 aliphatic carbocycles. The molecule has 2 aromatic rings. The largest absolute Gasteiger partial charge is 0.485 e. The second-order valence-corrected chi connectivity index (χ2v) is 7.89. The number of morpholine rings is 1. The Balaban J connectivity index is 1.68. The molecule has 2 aliphatic heterocycles. The number of aliphatic hydroxyl groups excluding tert-OH is 1. The number of nitrogens with two attached hydrogens (primary N) is 1. The van der Waals surface area contributed by atoms with Crippen molar-refractivity contribution in [2.45, 2.75) is 25.4 Å². The van der Waals surface area contributed by atoms with Crippen LogP contribution in [-0.4, -0.2) is 59.5 Å². The minimum absolute atomic E-state index is 0.0560. The number of aliphatic hydroxyl groups is 1. The van der Waals surface area contributed by atoms with Crippen molar-refractivity contribution in [1.82, 2.24) is 9.97 Å². The fourth-order valence-electron chi connectivity index (χ4n) is 3.78. The van der Waals surface area contributed by atoms with E-state index >= 15 is 0 Å². The summed E-state index contributed by atoms with van der Waals surface area (Å²) in [4.78, 5) is 23.5. The lowest BCUT2D eigenvalue weighted by Crippen LogP contribution is -2.40. The van der Waals surface area contributed by atoms with Crippen LogP contribution in [0.4, 0.5) is 11.4 Å². The molecule has 164 valence electrons. The molecule has 31 heavy (non-hydrogen) atoms. The van der Waals surface area contributed by atoms with E-state index in [0.29, 0.717) is 38.4 Å². The zero-order valence-corrected chi connectivity index (χ0v) is 17.5. The number of anilines is 2. The second kappa shape index (κ2) is 8.91. The first-order valence-corrected chi connectivity index (χ1v) is 10.3. The predicted molar refractivity (Wildman–Crippen MR) is 117 cm³/mol. The van der Waals surface area contributed by atoms with Gasteiger partial charge in [-0.25, -0.2) is 9.97 Å². The maximum atomic E-state index is 13.0. The Labute approximate surface area is 180 Å². The van der Waals surface area contributed by atoms with Crippen LogP contribution in [0.3, 0.4) is 0 Å². The molecule has 4 N–H and O–H groups in total. The summed E-state index contributed by atoms with van der Waals surface area (Å²) in [6.07, 6.45) is 5.76. The number of ether oxygens (including phenoxy) is 2. The molecule has 0 unspecified atom stereocenters. The number of aryl methyl sites for hydroxylation is 1. The van der Waals surface area contributed by atoms with Gasteiger partial charge in [-0.2, -0.15) is 0 Å². The van der Waals surface area contributed by atoms with Gasteiger partial charge in [0.2, 0.25) is 0 Å². The van der Waals surface area contributed by atoms with Crippen molar-refractivity contribution in [1.29, 1.82) is 0 Å². The van der Waals surface area contributed by atoms with Gasteiger partial charge in [0.15, 0.2) is 5.82 Å². The average Bonchev–Trinajstić information content (AvgIpc) is 2.80. The first-order chi connectivity index (χ1) is 15.0. The molecular formula is C22H27N5O4. The predicted octanol–water partition coefficient (Wildman–Crippen LogP) is 1.33. The van der Waals surface area contributed by atoms with Gasteiger partial charge in [0.25, 0.3) is 5.91 Å². The lowest BCUT2D eigenvalue weighted by Gasteiger charge is -2.36. The molecule has 1 fully saturated rings. The highest BCUT2D eigenvalue weighted by Gasteiger charge is 2.32. The monoisotopic (exact) mass is 425 g/mol. The topological polar surface area (TPSA) is 123 Å². The van der Waals surface area contributed by atoms with Gasteiger partial charge in [-0.3, -0.25) is 4.79 Å². The summed E-state index contributed by atoms with van der Waals surface area (Å²) in [6.45, 7) is 4.44. The first-order valence-electron chi connectivity index (χ1n) is 10.3. The van der Waals surface area contributed by atoms with E-state index in [1.165, 1.54) is 6.20 Å². The van der Waals surface area contributed by atoms with E-state index in [1.807, 2.05) is 19.1 Å². The van der Waals surface area contributed by atoms with Crippen LogP contribution in [-0.2, 0) is 16.0 Å². The van der Waals surface area contributed by atoms with Crippen molar-refractivity contribution in [2.24, 2.45) is 5.73 Å². The van der Waals surface area contributed by atoms with E-state index in [0.717, 1.165) is 23.4 Å².